The molecule has 2 atom stereocenters. The van der Waals surface area contributed by atoms with Gasteiger partial charge in [0, 0.05) is 6.04 Å². The Morgan fingerprint density at radius 2 is 2.05 bits per heavy atom. The van der Waals surface area contributed by atoms with Crippen LogP contribution in [0.1, 0.15) is 56.6 Å². The molecule has 2 N–H and O–H groups in total. The predicted octanol–water partition coefficient (Wildman–Crippen LogP) is 2.64. The van der Waals surface area contributed by atoms with Crippen LogP contribution in [0.3, 0.4) is 0 Å². The van der Waals surface area contributed by atoms with Crippen molar-refractivity contribution in [3.8, 4) is 0 Å². The molecule has 1 aromatic rings. The van der Waals surface area contributed by atoms with Gasteiger partial charge in [0.25, 0.3) is 0 Å². The summed E-state index contributed by atoms with van der Waals surface area (Å²) in [7, 11) is 0. The molecule has 106 valence electrons. The third kappa shape index (κ3) is 2.91. The molecule has 0 amide bonds. The number of imidazole rings is 1. The van der Waals surface area contributed by atoms with Crippen LogP contribution in [-0.4, -0.2) is 22.1 Å². The van der Waals surface area contributed by atoms with Gasteiger partial charge in [0.1, 0.15) is 5.82 Å². The molecule has 1 aromatic heterocycles. The highest BCUT2D eigenvalue weighted by Gasteiger charge is 2.28. The van der Waals surface area contributed by atoms with E-state index in [0.717, 1.165) is 12.8 Å². The van der Waals surface area contributed by atoms with Gasteiger partial charge in [-0.25, -0.2) is 9.78 Å². The van der Waals surface area contributed by atoms with Crippen LogP contribution in [0, 0.1) is 11.8 Å². The van der Waals surface area contributed by atoms with Crippen molar-refractivity contribution >= 4 is 11.8 Å². The minimum absolute atomic E-state index is 0.243. The van der Waals surface area contributed by atoms with E-state index in [-0.39, 0.29) is 5.69 Å². The van der Waals surface area contributed by atoms with Gasteiger partial charge in [-0.3, -0.25) is 0 Å². The number of rotatable bonds is 3. The lowest BCUT2D eigenvalue weighted by atomic mass is 9.80. The number of hydrogen-bond acceptors (Lipinski definition) is 4. The van der Waals surface area contributed by atoms with E-state index in [2.05, 4.69) is 18.8 Å². The van der Waals surface area contributed by atoms with Crippen molar-refractivity contribution < 1.29 is 9.53 Å². The van der Waals surface area contributed by atoms with Gasteiger partial charge in [-0.15, -0.1) is 0 Å². The van der Waals surface area contributed by atoms with Crippen LogP contribution in [-0.2, 0) is 4.74 Å². The molecular formula is C14H23N3O2. The Labute approximate surface area is 114 Å². The molecule has 0 spiro atoms. The number of nitrogen functional groups attached to an aromatic ring is 1. The number of nitrogens with zero attached hydrogens (tertiary/aromatic N) is 2. The molecule has 5 heteroatoms. The Morgan fingerprint density at radius 3 is 2.63 bits per heavy atom. The standard InChI is InChI=1S/C14H23N3O2/c1-4-19-14(18)12-13(15)17(8-16-12)11-6-9(2)5-10(3)7-11/h8-11H,4-7,15H2,1-3H3. The summed E-state index contributed by atoms with van der Waals surface area (Å²) in [5.74, 6) is 1.36. The summed E-state index contributed by atoms with van der Waals surface area (Å²) in [6.45, 7) is 6.64. The summed E-state index contributed by atoms with van der Waals surface area (Å²) in [5, 5.41) is 0. The SMILES string of the molecule is CCOC(=O)c1ncn(C2CC(C)CC(C)C2)c1N. The van der Waals surface area contributed by atoms with Gasteiger partial charge in [0.15, 0.2) is 5.69 Å². The Bertz CT molecular complexity index is 446. The van der Waals surface area contributed by atoms with Gasteiger partial charge >= 0.3 is 5.97 Å². The molecule has 1 saturated carbocycles. The first kappa shape index (κ1) is 13.9. The van der Waals surface area contributed by atoms with E-state index in [1.165, 1.54) is 6.42 Å². The fourth-order valence-electron chi connectivity index (χ4n) is 3.15. The molecule has 1 aliphatic rings. The van der Waals surface area contributed by atoms with E-state index in [9.17, 15) is 4.79 Å². The maximum absolute atomic E-state index is 11.7. The quantitative estimate of drug-likeness (QED) is 0.853. The molecule has 2 unspecified atom stereocenters. The number of anilines is 1. The molecule has 0 aliphatic heterocycles. The van der Waals surface area contributed by atoms with Gasteiger partial charge in [-0.2, -0.15) is 0 Å². The molecule has 1 fully saturated rings. The van der Waals surface area contributed by atoms with Crippen molar-refractivity contribution in [3.05, 3.63) is 12.0 Å². The lowest BCUT2D eigenvalue weighted by molar-refractivity contribution is 0.0521. The minimum Gasteiger partial charge on any atom is -0.461 e. The molecule has 1 aliphatic carbocycles. The predicted molar refractivity (Wildman–Crippen MR) is 73.8 cm³/mol. The molecule has 0 radical (unpaired) electrons. The smallest absolute Gasteiger partial charge is 0.360 e. The van der Waals surface area contributed by atoms with E-state index in [4.69, 9.17) is 10.5 Å². The Balaban J connectivity index is 2.19. The molecule has 5 nitrogen and oxygen atoms in total. The average Bonchev–Trinajstić information content (AvgIpc) is 2.70. The monoisotopic (exact) mass is 265 g/mol. The molecular weight excluding hydrogens is 242 g/mol. The van der Waals surface area contributed by atoms with Crippen molar-refractivity contribution in [2.45, 2.75) is 46.1 Å². The van der Waals surface area contributed by atoms with E-state index >= 15 is 0 Å². The van der Waals surface area contributed by atoms with E-state index in [1.807, 2.05) is 4.57 Å². The van der Waals surface area contributed by atoms with Crippen LogP contribution in [0.2, 0.25) is 0 Å². The number of hydrogen-bond donors (Lipinski definition) is 1. The van der Waals surface area contributed by atoms with Crippen LogP contribution in [0.4, 0.5) is 5.82 Å². The molecule has 0 aromatic carbocycles. The average molecular weight is 265 g/mol. The minimum atomic E-state index is -0.435. The summed E-state index contributed by atoms with van der Waals surface area (Å²) < 4.78 is 6.90. The topological polar surface area (TPSA) is 70.1 Å². The third-order valence-corrected chi connectivity index (χ3v) is 3.85. The Kier molecular flexibility index (Phi) is 4.12. The fraction of sp³-hybridized carbons (Fsp3) is 0.714. The summed E-state index contributed by atoms with van der Waals surface area (Å²) >= 11 is 0. The van der Waals surface area contributed by atoms with Gasteiger partial charge in [-0.1, -0.05) is 13.8 Å². The fourth-order valence-corrected chi connectivity index (χ4v) is 3.15. The van der Waals surface area contributed by atoms with Gasteiger partial charge in [0.2, 0.25) is 0 Å². The number of esters is 1. The normalized spacial score (nSPS) is 27.2. The first-order chi connectivity index (χ1) is 9.02. The Hall–Kier alpha value is -1.52. The zero-order valence-electron chi connectivity index (χ0n) is 11.9. The van der Waals surface area contributed by atoms with Crippen LogP contribution >= 0.6 is 0 Å². The second kappa shape index (κ2) is 5.63. The third-order valence-electron chi connectivity index (χ3n) is 3.85. The Morgan fingerprint density at radius 1 is 1.42 bits per heavy atom. The summed E-state index contributed by atoms with van der Waals surface area (Å²) in [5.41, 5.74) is 6.30. The summed E-state index contributed by atoms with van der Waals surface area (Å²) in [4.78, 5) is 15.8. The van der Waals surface area contributed by atoms with Crippen molar-refractivity contribution in [1.82, 2.24) is 9.55 Å². The first-order valence-corrected chi connectivity index (χ1v) is 7.02. The largest absolute Gasteiger partial charge is 0.461 e. The highest BCUT2D eigenvalue weighted by atomic mass is 16.5. The van der Waals surface area contributed by atoms with Gasteiger partial charge in [0.05, 0.1) is 12.9 Å². The zero-order chi connectivity index (χ0) is 14.0. The second-order valence-corrected chi connectivity index (χ2v) is 5.68. The van der Waals surface area contributed by atoms with Gasteiger partial charge < -0.3 is 15.0 Å². The first-order valence-electron chi connectivity index (χ1n) is 7.02. The van der Waals surface area contributed by atoms with Crippen molar-refractivity contribution in [2.24, 2.45) is 11.8 Å². The lowest BCUT2D eigenvalue weighted by Gasteiger charge is -2.32. The van der Waals surface area contributed by atoms with Crippen molar-refractivity contribution in [3.63, 3.8) is 0 Å². The number of aromatic nitrogens is 2. The van der Waals surface area contributed by atoms with Crippen molar-refractivity contribution in [2.75, 3.05) is 12.3 Å². The number of nitrogens with two attached hydrogens (primary N) is 1. The van der Waals surface area contributed by atoms with E-state index in [1.54, 1.807) is 13.3 Å². The van der Waals surface area contributed by atoms with Gasteiger partial charge in [-0.05, 0) is 38.0 Å². The zero-order valence-corrected chi connectivity index (χ0v) is 11.9. The van der Waals surface area contributed by atoms with Crippen LogP contribution in [0.15, 0.2) is 6.33 Å². The summed E-state index contributed by atoms with van der Waals surface area (Å²) in [6, 6.07) is 0.342. The maximum Gasteiger partial charge on any atom is 0.360 e. The van der Waals surface area contributed by atoms with E-state index in [0.29, 0.717) is 30.3 Å². The highest BCUT2D eigenvalue weighted by molar-refractivity contribution is 5.92. The maximum atomic E-state index is 11.7. The van der Waals surface area contributed by atoms with Crippen molar-refractivity contribution in [1.29, 1.82) is 0 Å². The molecule has 2 rings (SSSR count). The molecule has 19 heavy (non-hydrogen) atoms. The highest BCUT2D eigenvalue weighted by Crippen LogP contribution is 2.37. The number of carbonyl (C=O) groups is 1. The number of carbonyl (C=O) groups excluding carboxylic acids is 1. The van der Waals surface area contributed by atoms with Crippen LogP contribution in [0.25, 0.3) is 0 Å². The molecule has 0 saturated heterocycles. The van der Waals surface area contributed by atoms with Crippen LogP contribution in [0.5, 0.6) is 0 Å². The second-order valence-electron chi connectivity index (χ2n) is 5.68. The lowest BCUT2D eigenvalue weighted by Crippen LogP contribution is -2.23. The molecule has 1 heterocycles. The molecule has 0 bridgehead atoms. The number of ether oxygens (including phenoxy) is 1. The summed E-state index contributed by atoms with van der Waals surface area (Å²) in [6.07, 6.45) is 5.12. The van der Waals surface area contributed by atoms with Crippen LogP contribution < -0.4 is 5.73 Å². The van der Waals surface area contributed by atoms with E-state index < -0.39 is 5.97 Å².